The van der Waals surface area contributed by atoms with Crippen molar-refractivity contribution in [1.29, 1.82) is 0 Å². The van der Waals surface area contributed by atoms with Crippen LogP contribution in [0.1, 0.15) is 73.6 Å². The molecule has 1 N–H and O–H groups in total. The van der Waals surface area contributed by atoms with Crippen LogP contribution in [0.15, 0.2) is 60.4 Å². The number of rotatable bonds is 5. The average Bonchev–Trinajstić information content (AvgIpc) is 3.34. The molecule has 2 heterocycles. The zero-order valence-electron chi connectivity index (χ0n) is 21.9. The molecule has 2 aromatic heterocycles. The molecule has 0 aliphatic heterocycles. The zero-order valence-corrected chi connectivity index (χ0v) is 22.7. The number of carbonyl (C=O) groups is 1. The van der Waals surface area contributed by atoms with Gasteiger partial charge in [0.15, 0.2) is 15.6 Å². The molecule has 3 aromatic rings. The number of sulfone groups is 1. The molecule has 1 aromatic carbocycles. The van der Waals surface area contributed by atoms with Gasteiger partial charge in [0.1, 0.15) is 11.5 Å². The summed E-state index contributed by atoms with van der Waals surface area (Å²) in [4.78, 5) is 18.6. The summed E-state index contributed by atoms with van der Waals surface area (Å²) < 4.78 is 43.1. The SMILES string of the molecule is CC1(O)CCC(S(=O)(=O)[C@H]2CCC3=Cc4c(cnn4-c4ccc(F)cc4)C[C@]3(C(=O)c3ccccn3)C2)CC1. The number of carbonyl (C=O) groups excluding carboxylic acids is 1. The fourth-order valence-electron chi connectivity index (χ4n) is 6.69. The van der Waals surface area contributed by atoms with Crippen LogP contribution in [0, 0.1) is 11.2 Å². The van der Waals surface area contributed by atoms with Crippen LogP contribution in [0.4, 0.5) is 4.39 Å². The molecule has 0 amide bonds. The van der Waals surface area contributed by atoms with Crippen LogP contribution < -0.4 is 0 Å². The summed E-state index contributed by atoms with van der Waals surface area (Å²) in [5, 5.41) is 13.8. The number of hydrogen-bond acceptors (Lipinski definition) is 6. The van der Waals surface area contributed by atoms with E-state index in [2.05, 4.69) is 10.1 Å². The summed E-state index contributed by atoms with van der Waals surface area (Å²) in [6.07, 6.45) is 8.52. The summed E-state index contributed by atoms with van der Waals surface area (Å²) in [6.45, 7) is 1.76. The van der Waals surface area contributed by atoms with Crippen molar-refractivity contribution in [2.24, 2.45) is 5.41 Å². The van der Waals surface area contributed by atoms with Crippen LogP contribution in [-0.4, -0.2) is 50.2 Å². The van der Waals surface area contributed by atoms with Gasteiger partial charge in [0.05, 0.1) is 39.1 Å². The second-order valence-corrected chi connectivity index (χ2v) is 14.1. The van der Waals surface area contributed by atoms with Crippen LogP contribution in [0.2, 0.25) is 0 Å². The van der Waals surface area contributed by atoms with Crippen molar-refractivity contribution in [3.63, 3.8) is 0 Å². The molecule has 0 bridgehead atoms. The molecule has 7 nitrogen and oxygen atoms in total. The molecular weight excluding hydrogens is 517 g/mol. The highest BCUT2D eigenvalue weighted by atomic mass is 32.2. The fraction of sp³-hybridized carbons (Fsp3) is 0.433. The lowest BCUT2D eigenvalue weighted by Gasteiger charge is -2.44. The van der Waals surface area contributed by atoms with Crippen molar-refractivity contribution in [2.75, 3.05) is 0 Å². The first-order valence-electron chi connectivity index (χ1n) is 13.5. The number of pyridine rings is 1. The summed E-state index contributed by atoms with van der Waals surface area (Å²) in [7, 11) is -3.53. The van der Waals surface area contributed by atoms with Crippen molar-refractivity contribution in [3.05, 3.63) is 83.2 Å². The third kappa shape index (κ3) is 4.55. The van der Waals surface area contributed by atoms with Crippen molar-refractivity contribution < 1.29 is 22.7 Å². The van der Waals surface area contributed by atoms with E-state index < -0.39 is 31.4 Å². The van der Waals surface area contributed by atoms with Crippen molar-refractivity contribution in [2.45, 2.75) is 74.4 Å². The minimum atomic E-state index is -3.53. The molecule has 9 heteroatoms. The molecule has 0 saturated heterocycles. The molecule has 6 rings (SSSR count). The topological polar surface area (TPSA) is 102 Å². The zero-order chi connectivity index (χ0) is 27.4. The lowest BCUT2D eigenvalue weighted by atomic mass is 9.61. The number of hydrogen-bond donors (Lipinski definition) is 1. The van der Waals surface area contributed by atoms with E-state index in [0.29, 0.717) is 56.3 Å². The second-order valence-electron chi connectivity index (χ2n) is 11.6. The monoisotopic (exact) mass is 549 g/mol. The van der Waals surface area contributed by atoms with Crippen LogP contribution in [0.25, 0.3) is 11.8 Å². The van der Waals surface area contributed by atoms with E-state index in [1.807, 2.05) is 6.08 Å². The first-order valence-corrected chi connectivity index (χ1v) is 15.1. The van der Waals surface area contributed by atoms with E-state index in [0.717, 1.165) is 16.8 Å². The van der Waals surface area contributed by atoms with E-state index in [4.69, 9.17) is 0 Å². The van der Waals surface area contributed by atoms with Crippen LogP contribution >= 0.6 is 0 Å². The Kier molecular flexibility index (Phi) is 6.34. The molecule has 0 unspecified atom stereocenters. The highest BCUT2D eigenvalue weighted by molar-refractivity contribution is 7.92. The Bertz CT molecular complexity index is 1540. The van der Waals surface area contributed by atoms with Gasteiger partial charge in [-0.15, -0.1) is 0 Å². The van der Waals surface area contributed by atoms with Crippen molar-refractivity contribution in [3.8, 4) is 5.69 Å². The number of benzene rings is 1. The van der Waals surface area contributed by atoms with Crippen molar-refractivity contribution in [1.82, 2.24) is 14.8 Å². The standard InChI is InChI=1S/C30H32FN3O4S/c1-29(36)13-11-24(12-14-29)39(37,38)25-10-5-21-16-27-20(19-33-34(27)23-8-6-22(31)7-9-23)17-30(21,18-25)28(35)26-4-2-3-15-32-26/h2-4,6-9,15-16,19,24-25,36H,5,10-14,17-18H2,1H3/t24?,25-,29?,30-/m0/s1. The number of fused-ring (bicyclic) bond motifs is 2. The molecule has 0 radical (unpaired) electrons. The molecule has 2 saturated carbocycles. The largest absolute Gasteiger partial charge is 0.390 e. The summed E-state index contributed by atoms with van der Waals surface area (Å²) >= 11 is 0. The maximum Gasteiger partial charge on any atom is 0.191 e. The number of nitrogens with zero attached hydrogens (tertiary/aromatic N) is 3. The number of aromatic nitrogens is 3. The summed E-state index contributed by atoms with van der Waals surface area (Å²) in [6, 6.07) is 11.3. The Balaban J connectivity index is 1.39. The molecular formula is C30H32FN3O4S. The van der Waals surface area contributed by atoms with Crippen molar-refractivity contribution >= 4 is 21.7 Å². The minimum absolute atomic E-state index is 0.166. The van der Waals surface area contributed by atoms with E-state index in [1.54, 1.807) is 54.3 Å². The van der Waals surface area contributed by atoms with Gasteiger partial charge < -0.3 is 5.11 Å². The average molecular weight is 550 g/mol. The van der Waals surface area contributed by atoms with Gasteiger partial charge in [0, 0.05) is 6.20 Å². The molecule has 3 aliphatic rings. The molecule has 204 valence electrons. The summed E-state index contributed by atoms with van der Waals surface area (Å²) in [5.74, 6) is -0.500. The number of halogens is 1. The third-order valence-electron chi connectivity index (χ3n) is 8.96. The van der Waals surface area contributed by atoms with Crippen LogP contribution in [0.5, 0.6) is 0 Å². The van der Waals surface area contributed by atoms with Gasteiger partial charge in [-0.05, 0) is 106 Å². The predicted molar refractivity (Wildman–Crippen MR) is 146 cm³/mol. The van der Waals surface area contributed by atoms with Gasteiger partial charge in [-0.25, -0.2) is 17.5 Å². The number of allylic oxidation sites excluding steroid dienone is 1. The maximum atomic E-state index is 14.2. The van der Waals surface area contributed by atoms with Gasteiger partial charge in [-0.1, -0.05) is 11.6 Å². The highest BCUT2D eigenvalue weighted by Crippen LogP contribution is 2.52. The Morgan fingerprint density at radius 1 is 1.08 bits per heavy atom. The van der Waals surface area contributed by atoms with Crippen LogP contribution in [0.3, 0.4) is 0 Å². The molecule has 3 aliphatic carbocycles. The predicted octanol–water partition coefficient (Wildman–Crippen LogP) is 4.88. The molecule has 2 fully saturated rings. The minimum Gasteiger partial charge on any atom is -0.390 e. The Hall–Kier alpha value is -3.17. The molecule has 0 spiro atoms. The Morgan fingerprint density at radius 2 is 1.82 bits per heavy atom. The Labute approximate surface area is 227 Å². The molecule has 39 heavy (non-hydrogen) atoms. The van der Waals surface area contributed by atoms with E-state index in [9.17, 15) is 22.7 Å². The highest BCUT2D eigenvalue weighted by Gasteiger charge is 2.53. The quantitative estimate of drug-likeness (QED) is 0.456. The lowest BCUT2D eigenvalue weighted by molar-refractivity contribution is 0.0233. The fourth-order valence-corrected chi connectivity index (χ4v) is 9.09. The Morgan fingerprint density at radius 3 is 2.51 bits per heavy atom. The number of ketones is 1. The van der Waals surface area contributed by atoms with E-state index in [1.165, 1.54) is 12.1 Å². The number of Topliss-reactive ketones (excluding diaryl/α,β-unsaturated/α-hetero) is 1. The number of aliphatic hydroxyl groups is 1. The van der Waals surface area contributed by atoms with Gasteiger partial charge in [-0.2, -0.15) is 5.10 Å². The van der Waals surface area contributed by atoms with Crippen LogP contribution in [-0.2, 0) is 16.3 Å². The summed E-state index contributed by atoms with van der Waals surface area (Å²) in [5.41, 5.74) is 1.75. The first kappa shape index (κ1) is 26.1. The van der Waals surface area contributed by atoms with Gasteiger partial charge >= 0.3 is 0 Å². The second kappa shape index (κ2) is 9.48. The third-order valence-corrected chi connectivity index (χ3v) is 11.7. The first-order chi connectivity index (χ1) is 18.6. The van der Waals surface area contributed by atoms with Gasteiger partial charge in [-0.3, -0.25) is 9.78 Å². The maximum absolute atomic E-state index is 14.2. The lowest BCUT2D eigenvalue weighted by Crippen LogP contribution is -2.48. The van der Waals surface area contributed by atoms with E-state index in [-0.39, 0.29) is 18.0 Å². The van der Waals surface area contributed by atoms with Gasteiger partial charge in [0.2, 0.25) is 0 Å². The normalized spacial score (nSPS) is 28.7. The smallest absolute Gasteiger partial charge is 0.191 e. The van der Waals surface area contributed by atoms with E-state index >= 15 is 0 Å². The molecule has 2 atom stereocenters. The van der Waals surface area contributed by atoms with Gasteiger partial charge in [0.25, 0.3) is 0 Å².